The molecule has 0 atom stereocenters. The highest BCUT2D eigenvalue weighted by molar-refractivity contribution is 5.38. The van der Waals surface area contributed by atoms with Crippen LogP contribution in [0.3, 0.4) is 0 Å². The molecule has 100 valence electrons. The van der Waals surface area contributed by atoms with E-state index < -0.39 is 17.5 Å². The fraction of sp³-hybridized carbons (Fsp3) is 0.154. The van der Waals surface area contributed by atoms with Crippen LogP contribution in [-0.2, 0) is 6.54 Å². The van der Waals surface area contributed by atoms with Gasteiger partial charge < -0.3 is 10.3 Å². The number of nitrogens with two attached hydrogens (primary N) is 1. The molecule has 0 unspecified atom stereocenters. The van der Waals surface area contributed by atoms with Gasteiger partial charge in [-0.3, -0.25) is 4.79 Å². The van der Waals surface area contributed by atoms with Crippen LogP contribution in [0.4, 0.5) is 13.2 Å². The number of pyridine rings is 1. The molecule has 1 heterocycles. The lowest BCUT2D eigenvalue weighted by molar-refractivity contribution is 0.444. The van der Waals surface area contributed by atoms with Crippen LogP contribution in [0.15, 0.2) is 29.2 Å². The van der Waals surface area contributed by atoms with E-state index in [1.807, 2.05) is 0 Å². The molecule has 19 heavy (non-hydrogen) atoms. The van der Waals surface area contributed by atoms with Crippen molar-refractivity contribution in [1.29, 1.82) is 0 Å². The monoisotopic (exact) mass is 268 g/mol. The van der Waals surface area contributed by atoms with Gasteiger partial charge in [-0.05, 0) is 19.1 Å². The molecule has 0 spiro atoms. The summed E-state index contributed by atoms with van der Waals surface area (Å²) in [6.45, 7) is 1.53. The van der Waals surface area contributed by atoms with Gasteiger partial charge in [0.1, 0.15) is 0 Å². The first kappa shape index (κ1) is 13.4. The quantitative estimate of drug-likeness (QED) is 0.847. The summed E-state index contributed by atoms with van der Waals surface area (Å²) in [6, 6.07) is 3.20. The van der Waals surface area contributed by atoms with E-state index in [-0.39, 0.29) is 23.2 Å². The second-order valence-corrected chi connectivity index (χ2v) is 4.07. The molecule has 0 saturated heterocycles. The van der Waals surface area contributed by atoms with Crippen LogP contribution in [0.1, 0.15) is 11.3 Å². The SMILES string of the molecule is Cc1cc(=O)c(CN)cn1-c1ccc(F)c(F)c1F. The Kier molecular flexibility index (Phi) is 3.44. The van der Waals surface area contributed by atoms with E-state index >= 15 is 0 Å². The van der Waals surface area contributed by atoms with Gasteiger partial charge >= 0.3 is 0 Å². The summed E-state index contributed by atoms with van der Waals surface area (Å²) in [7, 11) is 0. The van der Waals surface area contributed by atoms with Crippen molar-refractivity contribution in [2.45, 2.75) is 13.5 Å². The zero-order chi connectivity index (χ0) is 14.2. The van der Waals surface area contributed by atoms with Crippen LogP contribution in [0.2, 0.25) is 0 Å². The molecule has 1 aromatic carbocycles. The molecule has 2 aromatic rings. The van der Waals surface area contributed by atoms with Crippen molar-refractivity contribution in [3.63, 3.8) is 0 Å². The first-order chi connectivity index (χ1) is 8.95. The lowest BCUT2D eigenvalue weighted by Crippen LogP contribution is -2.17. The molecule has 0 aliphatic carbocycles. The first-order valence-electron chi connectivity index (χ1n) is 5.51. The van der Waals surface area contributed by atoms with Crippen molar-refractivity contribution in [2.24, 2.45) is 5.73 Å². The third kappa shape index (κ3) is 2.26. The zero-order valence-corrected chi connectivity index (χ0v) is 10.1. The Labute approximate surface area is 107 Å². The third-order valence-corrected chi connectivity index (χ3v) is 2.82. The number of nitrogens with zero attached hydrogens (tertiary/aromatic N) is 1. The Morgan fingerprint density at radius 2 is 1.89 bits per heavy atom. The maximum absolute atomic E-state index is 13.7. The van der Waals surface area contributed by atoms with E-state index in [4.69, 9.17) is 5.73 Å². The number of benzene rings is 1. The highest BCUT2D eigenvalue weighted by Crippen LogP contribution is 2.20. The van der Waals surface area contributed by atoms with Gasteiger partial charge in [-0.2, -0.15) is 0 Å². The van der Waals surface area contributed by atoms with Crippen LogP contribution < -0.4 is 11.2 Å². The van der Waals surface area contributed by atoms with E-state index in [2.05, 4.69) is 0 Å². The number of hydrogen-bond donors (Lipinski definition) is 1. The molecular weight excluding hydrogens is 257 g/mol. The van der Waals surface area contributed by atoms with Crippen molar-refractivity contribution >= 4 is 0 Å². The van der Waals surface area contributed by atoms with Crippen molar-refractivity contribution in [3.05, 3.63) is 63.3 Å². The van der Waals surface area contributed by atoms with Crippen LogP contribution >= 0.6 is 0 Å². The second kappa shape index (κ2) is 4.89. The standard InChI is InChI=1S/C13H11F3N2O/c1-7-4-11(19)8(5-17)6-18(7)10-3-2-9(14)12(15)13(10)16/h2-4,6H,5,17H2,1H3. The molecule has 0 aliphatic heterocycles. The number of aromatic nitrogens is 1. The van der Waals surface area contributed by atoms with E-state index in [0.717, 1.165) is 12.1 Å². The predicted octanol–water partition coefficient (Wildman–Crippen LogP) is 2.02. The Bertz CT molecular complexity index is 695. The smallest absolute Gasteiger partial charge is 0.196 e. The largest absolute Gasteiger partial charge is 0.326 e. The normalized spacial score (nSPS) is 10.8. The Morgan fingerprint density at radius 3 is 2.53 bits per heavy atom. The molecule has 0 amide bonds. The van der Waals surface area contributed by atoms with Gasteiger partial charge in [-0.15, -0.1) is 0 Å². The van der Waals surface area contributed by atoms with Crippen LogP contribution in [-0.4, -0.2) is 4.57 Å². The van der Waals surface area contributed by atoms with Crippen molar-refractivity contribution < 1.29 is 13.2 Å². The van der Waals surface area contributed by atoms with Gasteiger partial charge in [0.25, 0.3) is 0 Å². The summed E-state index contributed by atoms with van der Waals surface area (Å²) < 4.78 is 41.1. The van der Waals surface area contributed by atoms with Gasteiger partial charge in [-0.1, -0.05) is 0 Å². The maximum Gasteiger partial charge on any atom is 0.196 e. The number of aryl methyl sites for hydroxylation is 1. The maximum atomic E-state index is 13.7. The zero-order valence-electron chi connectivity index (χ0n) is 10.1. The van der Waals surface area contributed by atoms with Crippen molar-refractivity contribution in [2.75, 3.05) is 0 Å². The van der Waals surface area contributed by atoms with Crippen LogP contribution in [0, 0.1) is 24.4 Å². The third-order valence-electron chi connectivity index (χ3n) is 2.82. The fourth-order valence-corrected chi connectivity index (χ4v) is 1.79. The second-order valence-electron chi connectivity index (χ2n) is 4.07. The minimum absolute atomic E-state index is 0.0234. The fourth-order valence-electron chi connectivity index (χ4n) is 1.79. The Hall–Kier alpha value is -2.08. The molecule has 3 nitrogen and oxygen atoms in total. The number of halogens is 3. The lowest BCUT2D eigenvalue weighted by Gasteiger charge is -2.13. The number of rotatable bonds is 2. The summed E-state index contributed by atoms with van der Waals surface area (Å²) >= 11 is 0. The van der Waals surface area contributed by atoms with Gasteiger partial charge in [0.2, 0.25) is 0 Å². The minimum atomic E-state index is -1.55. The molecule has 0 fully saturated rings. The van der Waals surface area contributed by atoms with Gasteiger partial charge in [0.05, 0.1) is 5.69 Å². The molecule has 6 heteroatoms. The van der Waals surface area contributed by atoms with E-state index in [1.54, 1.807) is 6.92 Å². The molecule has 2 rings (SSSR count). The molecule has 1 aromatic heterocycles. The van der Waals surface area contributed by atoms with E-state index in [9.17, 15) is 18.0 Å². The van der Waals surface area contributed by atoms with Gasteiger partial charge in [0.15, 0.2) is 22.9 Å². The first-order valence-corrected chi connectivity index (χ1v) is 5.51. The Balaban J connectivity index is 2.72. The number of hydrogen-bond acceptors (Lipinski definition) is 2. The highest BCUT2D eigenvalue weighted by atomic mass is 19.2. The van der Waals surface area contributed by atoms with Gasteiger partial charge in [0, 0.05) is 30.1 Å². The minimum Gasteiger partial charge on any atom is -0.326 e. The average Bonchev–Trinajstić information content (AvgIpc) is 2.37. The van der Waals surface area contributed by atoms with Crippen molar-refractivity contribution in [3.8, 4) is 5.69 Å². The van der Waals surface area contributed by atoms with Crippen LogP contribution in [0.25, 0.3) is 5.69 Å². The summed E-state index contributed by atoms with van der Waals surface area (Å²) in [5, 5.41) is 0. The van der Waals surface area contributed by atoms with Gasteiger partial charge in [-0.25, -0.2) is 13.2 Å². The summed E-state index contributed by atoms with van der Waals surface area (Å²) in [4.78, 5) is 11.5. The van der Waals surface area contributed by atoms with Crippen LogP contribution in [0.5, 0.6) is 0 Å². The molecule has 0 saturated carbocycles. The van der Waals surface area contributed by atoms with E-state index in [1.165, 1.54) is 16.8 Å². The summed E-state index contributed by atoms with van der Waals surface area (Å²) in [5.41, 5.74) is 5.60. The lowest BCUT2D eigenvalue weighted by atomic mass is 10.2. The average molecular weight is 268 g/mol. The molecule has 0 aliphatic rings. The topological polar surface area (TPSA) is 48.0 Å². The molecule has 0 bridgehead atoms. The molecular formula is C13H11F3N2O. The highest BCUT2D eigenvalue weighted by Gasteiger charge is 2.15. The van der Waals surface area contributed by atoms with Crippen molar-refractivity contribution in [1.82, 2.24) is 4.57 Å². The van der Waals surface area contributed by atoms with E-state index in [0.29, 0.717) is 5.69 Å². The Morgan fingerprint density at radius 1 is 1.21 bits per heavy atom. The molecule has 0 radical (unpaired) electrons. The summed E-state index contributed by atoms with van der Waals surface area (Å²) in [6.07, 6.45) is 1.33. The summed E-state index contributed by atoms with van der Waals surface area (Å²) in [5.74, 6) is -4.13. The molecule has 2 N–H and O–H groups in total. The predicted molar refractivity (Wildman–Crippen MR) is 64.5 cm³/mol.